The monoisotopic (exact) mass is 364 g/mol. The number of aliphatic hydroxyl groups is 7. The molecule has 0 bridgehead atoms. The van der Waals surface area contributed by atoms with Crippen LogP contribution in [0.15, 0.2) is 12.3 Å². The van der Waals surface area contributed by atoms with E-state index in [4.69, 9.17) is 14.2 Å². The van der Waals surface area contributed by atoms with Crippen LogP contribution in [0.4, 0.5) is 0 Å². The largest absolute Gasteiger partial charge is 0.472 e. The van der Waals surface area contributed by atoms with Crippen LogP contribution in [0.3, 0.4) is 0 Å². The van der Waals surface area contributed by atoms with Crippen LogP contribution in [0, 0.1) is 5.92 Å². The molecule has 10 atom stereocenters. The molecule has 2 heterocycles. The molecule has 1 saturated carbocycles. The maximum atomic E-state index is 10.7. The van der Waals surface area contributed by atoms with Gasteiger partial charge in [0.25, 0.3) is 0 Å². The third-order valence-electron chi connectivity index (χ3n) is 5.25. The maximum absolute atomic E-state index is 10.7. The van der Waals surface area contributed by atoms with E-state index in [-0.39, 0.29) is 6.42 Å². The number of rotatable bonds is 3. The molecule has 2 aliphatic heterocycles. The van der Waals surface area contributed by atoms with Crippen molar-refractivity contribution in [1.82, 2.24) is 0 Å². The van der Waals surface area contributed by atoms with Crippen LogP contribution in [0.2, 0.25) is 0 Å². The zero-order valence-electron chi connectivity index (χ0n) is 13.5. The van der Waals surface area contributed by atoms with E-state index < -0.39 is 66.8 Å². The van der Waals surface area contributed by atoms with Gasteiger partial charge in [0.1, 0.15) is 30.0 Å². The van der Waals surface area contributed by atoms with Crippen molar-refractivity contribution >= 4 is 0 Å². The van der Waals surface area contributed by atoms with Crippen LogP contribution in [0.25, 0.3) is 0 Å². The molecule has 0 aromatic heterocycles. The van der Waals surface area contributed by atoms with Crippen molar-refractivity contribution in [2.45, 2.75) is 67.6 Å². The summed E-state index contributed by atoms with van der Waals surface area (Å²) in [6.07, 6.45) is -7.87. The standard InChI is InChI=1S/C15H24O10/c1-14(21)4-7(17)15(22)2-3-23-13(11(14)15)25-12-10(20)9(19)8(18)6(5-16)24-12/h2-3,6-13,16-22H,4-5H2,1H3/t6-,7-,8-,9+,10-,11-,12-,13+,14+,15+/m1/s1. The van der Waals surface area contributed by atoms with Gasteiger partial charge in [-0.15, -0.1) is 0 Å². The first-order chi connectivity index (χ1) is 11.6. The number of fused-ring (bicyclic) bond motifs is 1. The average Bonchev–Trinajstić information content (AvgIpc) is 2.73. The van der Waals surface area contributed by atoms with Gasteiger partial charge in [0.05, 0.1) is 30.5 Å². The van der Waals surface area contributed by atoms with E-state index in [9.17, 15) is 35.7 Å². The molecule has 0 aromatic carbocycles. The van der Waals surface area contributed by atoms with Gasteiger partial charge < -0.3 is 50.0 Å². The van der Waals surface area contributed by atoms with Crippen LogP contribution in [0.1, 0.15) is 13.3 Å². The molecule has 10 nitrogen and oxygen atoms in total. The number of aliphatic hydroxyl groups excluding tert-OH is 5. The van der Waals surface area contributed by atoms with Gasteiger partial charge in [-0.2, -0.15) is 0 Å². The molecule has 0 amide bonds. The van der Waals surface area contributed by atoms with E-state index >= 15 is 0 Å². The highest BCUT2D eigenvalue weighted by Crippen LogP contribution is 2.49. The summed E-state index contributed by atoms with van der Waals surface area (Å²) in [6.45, 7) is 0.783. The molecule has 2 fully saturated rings. The van der Waals surface area contributed by atoms with Gasteiger partial charge in [0.2, 0.25) is 6.29 Å². The lowest BCUT2D eigenvalue weighted by molar-refractivity contribution is -0.351. The van der Waals surface area contributed by atoms with Crippen molar-refractivity contribution in [2.75, 3.05) is 6.61 Å². The highest BCUT2D eigenvalue weighted by Gasteiger charge is 2.64. The van der Waals surface area contributed by atoms with Crippen molar-refractivity contribution in [2.24, 2.45) is 5.92 Å². The first-order valence-electron chi connectivity index (χ1n) is 8.04. The average molecular weight is 364 g/mol. The quantitative estimate of drug-likeness (QED) is 0.267. The summed E-state index contributed by atoms with van der Waals surface area (Å²) >= 11 is 0. The third-order valence-corrected chi connectivity index (χ3v) is 5.25. The molecule has 144 valence electrons. The zero-order chi connectivity index (χ0) is 18.6. The lowest BCUT2D eigenvalue weighted by atomic mass is 9.81. The lowest BCUT2D eigenvalue weighted by Crippen LogP contribution is -2.61. The molecule has 1 aliphatic carbocycles. The number of ether oxygens (including phenoxy) is 3. The molecule has 25 heavy (non-hydrogen) atoms. The Morgan fingerprint density at radius 1 is 1.08 bits per heavy atom. The Labute approximate surface area is 143 Å². The van der Waals surface area contributed by atoms with Gasteiger partial charge in [-0.05, 0) is 13.0 Å². The van der Waals surface area contributed by atoms with E-state index in [2.05, 4.69) is 0 Å². The molecule has 0 aromatic rings. The molecule has 3 aliphatic rings. The molecule has 0 spiro atoms. The van der Waals surface area contributed by atoms with Crippen molar-refractivity contribution in [1.29, 1.82) is 0 Å². The second kappa shape index (κ2) is 6.41. The van der Waals surface area contributed by atoms with Gasteiger partial charge in [-0.1, -0.05) is 0 Å². The summed E-state index contributed by atoms with van der Waals surface area (Å²) in [5.74, 6) is -1.10. The smallest absolute Gasteiger partial charge is 0.210 e. The minimum absolute atomic E-state index is 0.129. The van der Waals surface area contributed by atoms with Crippen LogP contribution in [-0.4, -0.2) is 96.7 Å². The van der Waals surface area contributed by atoms with Crippen LogP contribution < -0.4 is 0 Å². The van der Waals surface area contributed by atoms with E-state index in [0.717, 1.165) is 6.26 Å². The van der Waals surface area contributed by atoms with Gasteiger partial charge >= 0.3 is 0 Å². The molecule has 0 unspecified atom stereocenters. The van der Waals surface area contributed by atoms with Crippen molar-refractivity contribution in [3.05, 3.63) is 12.3 Å². The zero-order valence-corrected chi connectivity index (χ0v) is 13.5. The van der Waals surface area contributed by atoms with Crippen molar-refractivity contribution in [3.8, 4) is 0 Å². The predicted octanol–water partition coefficient (Wildman–Crippen LogP) is -3.46. The molecule has 3 rings (SSSR count). The molecule has 0 radical (unpaired) electrons. The van der Waals surface area contributed by atoms with Crippen LogP contribution in [0.5, 0.6) is 0 Å². The Kier molecular flexibility index (Phi) is 4.86. The molecule has 7 N–H and O–H groups in total. The summed E-state index contributed by atoms with van der Waals surface area (Å²) in [7, 11) is 0. The van der Waals surface area contributed by atoms with E-state index in [1.807, 2.05) is 0 Å². The van der Waals surface area contributed by atoms with Crippen molar-refractivity contribution in [3.63, 3.8) is 0 Å². The van der Waals surface area contributed by atoms with E-state index in [1.54, 1.807) is 0 Å². The Morgan fingerprint density at radius 3 is 2.40 bits per heavy atom. The first-order valence-corrected chi connectivity index (χ1v) is 8.04. The summed E-state index contributed by atoms with van der Waals surface area (Å²) in [4.78, 5) is 0. The van der Waals surface area contributed by atoms with Gasteiger partial charge in [-0.3, -0.25) is 0 Å². The Balaban J connectivity index is 1.81. The minimum Gasteiger partial charge on any atom is -0.472 e. The van der Waals surface area contributed by atoms with Gasteiger partial charge in [0.15, 0.2) is 6.29 Å². The Morgan fingerprint density at radius 2 is 1.76 bits per heavy atom. The Bertz CT molecular complexity index is 522. The highest BCUT2D eigenvalue weighted by atomic mass is 16.8. The van der Waals surface area contributed by atoms with Gasteiger partial charge in [0, 0.05) is 6.42 Å². The summed E-state index contributed by atoms with van der Waals surface area (Å²) < 4.78 is 16.0. The molecular formula is C15H24O10. The fraction of sp³-hybridized carbons (Fsp3) is 0.867. The third kappa shape index (κ3) is 2.97. The minimum atomic E-state index is -1.81. The summed E-state index contributed by atoms with van der Waals surface area (Å²) in [5, 5.41) is 70.2. The summed E-state index contributed by atoms with van der Waals surface area (Å²) in [6, 6.07) is 0. The van der Waals surface area contributed by atoms with Crippen LogP contribution >= 0.6 is 0 Å². The Hall–Kier alpha value is -0.820. The van der Waals surface area contributed by atoms with E-state index in [1.165, 1.54) is 13.0 Å². The van der Waals surface area contributed by atoms with E-state index in [0.29, 0.717) is 0 Å². The predicted molar refractivity (Wildman–Crippen MR) is 78.6 cm³/mol. The fourth-order valence-corrected chi connectivity index (χ4v) is 3.84. The topological polar surface area (TPSA) is 169 Å². The second-order valence-corrected chi connectivity index (χ2v) is 7.08. The molecule has 1 saturated heterocycles. The molecular weight excluding hydrogens is 340 g/mol. The van der Waals surface area contributed by atoms with Gasteiger partial charge in [-0.25, -0.2) is 0 Å². The SMILES string of the molecule is C[C@]1(O)C[C@@H](O)[C@@]2(O)C=CO[C@@H](O[C@H]3O[C@H](CO)[C@@H](O)[C@H](O)[C@H]3O)[C@@H]21. The molecule has 10 heteroatoms. The number of hydrogen-bond acceptors (Lipinski definition) is 10. The normalized spacial score (nSPS) is 55.7. The second-order valence-electron chi connectivity index (χ2n) is 7.08. The maximum Gasteiger partial charge on any atom is 0.210 e. The summed E-state index contributed by atoms with van der Waals surface area (Å²) in [5.41, 5.74) is -3.35. The number of hydrogen-bond donors (Lipinski definition) is 7. The fourth-order valence-electron chi connectivity index (χ4n) is 3.84. The van der Waals surface area contributed by atoms with Crippen molar-refractivity contribution < 1.29 is 50.0 Å². The first kappa shape index (κ1) is 19.0. The van der Waals surface area contributed by atoms with Crippen LogP contribution in [-0.2, 0) is 14.2 Å². The highest BCUT2D eigenvalue weighted by molar-refractivity contribution is 5.21. The lowest BCUT2D eigenvalue weighted by Gasteiger charge is -2.45.